The van der Waals surface area contributed by atoms with Gasteiger partial charge in [-0.3, -0.25) is 4.79 Å². The maximum absolute atomic E-state index is 12.9. The van der Waals surface area contributed by atoms with Crippen molar-refractivity contribution in [2.45, 2.75) is 25.8 Å². The standard InChI is InChI=1S/C15H15FN2O2/c16-12-5-3-11(4-6-12)15-13(19)9-14(20)18(17-15)8-7-10-1-2-10/h3-6,9-10,19H,1-2,7-8H2. The number of aromatic hydroxyl groups is 1. The highest BCUT2D eigenvalue weighted by Crippen LogP contribution is 2.32. The Hall–Kier alpha value is -2.17. The molecule has 0 saturated heterocycles. The van der Waals surface area contributed by atoms with E-state index >= 15 is 0 Å². The van der Waals surface area contributed by atoms with Gasteiger partial charge < -0.3 is 5.11 Å². The van der Waals surface area contributed by atoms with E-state index in [0.717, 1.165) is 6.42 Å². The molecule has 0 aliphatic heterocycles. The number of nitrogens with zero attached hydrogens (tertiary/aromatic N) is 2. The Morgan fingerprint density at radius 2 is 2.00 bits per heavy atom. The van der Waals surface area contributed by atoms with E-state index in [2.05, 4.69) is 5.10 Å². The summed E-state index contributed by atoms with van der Waals surface area (Å²) >= 11 is 0. The van der Waals surface area contributed by atoms with Crippen LogP contribution in [0.1, 0.15) is 19.3 Å². The minimum atomic E-state index is -0.352. The molecule has 0 spiro atoms. The molecule has 0 bridgehead atoms. The highest BCUT2D eigenvalue weighted by molar-refractivity contribution is 5.64. The smallest absolute Gasteiger partial charge is 0.270 e. The molecule has 20 heavy (non-hydrogen) atoms. The Balaban J connectivity index is 1.94. The van der Waals surface area contributed by atoms with Crippen LogP contribution in [0.4, 0.5) is 4.39 Å². The molecular weight excluding hydrogens is 259 g/mol. The zero-order valence-corrected chi connectivity index (χ0v) is 10.9. The summed E-state index contributed by atoms with van der Waals surface area (Å²) in [6.07, 6.45) is 3.37. The monoisotopic (exact) mass is 274 g/mol. The average molecular weight is 274 g/mol. The maximum Gasteiger partial charge on any atom is 0.270 e. The first-order valence-corrected chi connectivity index (χ1v) is 6.70. The van der Waals surface area contributed by atoms with Crippen molar-refractivity contribution in [3.05, 3.63) is 46.5 Å². The SMILES string of the molecule is O=c1cc(O)c(-c2ccc(F)cc2)nn1CCC1CC1. The number of hydrogen-bond donors (Lipinski definition) is 1. The van der Waals surface area contributed by atoms with Crippen molar-refractivity contribution in [2.75, 3.05) is 0 Å². The Morgan fingerprint density at radius 3 is 2.65 bits per heavy atom. The van der Waals surface area contributed by atoms with Gasteiger partial charge in [-0.1, -0.05) is 12.8 Å². The molecule has 0 unspecified atom stereocenters. The Morgan fingerprint density at radius 1 is 1.30 bits per heavy atom. The van der Waals surface area contributed by atoms with Crippen molar-refractivity contribution in [3.8, 4) is 17.0 Å². The molecule has 4 nitrogen and oxygen atoms in total. The minimum absolute atomic E-state index is 0.177. The number of aryl methyl sites for hydroxylation is 1. The van der Waals surface area contributed by atoms with Crippen LogP contribution >= 0.6 is 0 Å². The third-order valence-corrected chi connectivity index (χ3v) is 3.54. The third-order valence-electron chi connectivity index (χ3n) is 3.54. The molecule has 3 rings (SSSR count). The Kier molecular flexibility index (Phi) is 3.26. The van der Waals surface area contributed by atoms with Gasteiger partial charge in [-0.15, -0.1) is 0 Å². The molecule has 2 aromatic rings. The average Bonchev–Trinajstić information content (AvgIpc) is 3.23. The van der Waals surface area contributed by atoms with E-state index in [1.165, 1.54) is 47.9 Å². The molecule has 1 N–H and O–H groups in total. The van der Waals surface area contributed by atoms with Gasteiger partial charge in [0.1, 0.15) is 17.3 Å². The van der Waals surface area contributed by atoms with Gasteiger partial charge in [-0.2, -0.15) is 5.10 Å². The molecule has 1 aliphatic rings. The zero-order valence-electron chi connectivity index (χ0n) is 10.9. The fourth-order valence-corrected chi connectivity index (χ4v) is 2.17. The van der Waals surface area contributed by atoms with E-state index in [9.17, 15) is 14.3 Å². The molecular formula is C15H15FN2O2. The normalized spacial score (nSPS) is 14.4. The molecule has 0 amide bonds. The number of benzene rings is 1. The summed E-state index contributed by atoms with van der Waals surface area (Å²) in [6.45, 7) is 0.554. The number of hydrogen-bond acceptors (Lipinski definition) is 3. The van der Waals surface area contributed by atoms with Crippen molar-refractivity contribution in [2.24, 2.45) is 5.92 Å². The zero-order chi connectivity index (χ0) is 14.1. The van der Waals surface area contributed by atoms with Crippen LogP contribution in [0, 0.1) is 11.7 Å². The van der Waals surface area contributed by atoms with Crippen molar-refractivity contribution >= 4 is 0 Å². The van der Waals surface area contributed by atoms with Crippen molar-refractivity contribution in [1.82, 2.24) is 9.78 Å². The van der Waals surface area contributed by atoms with Crippen molar-refractivity contribution < 1.29 is 9.50 Å². The summed E-state index contributed by atoms with van der Waals surface area (Å²) in [4.78, 5) is 11.8. The van der Waals surface area contributed by atoms with E-state index in [-0.39, 0.29) is 17.1 Å². The molecule has 1 aromatic heterocycles. The highest BCUT2D eigenvalue weighted by Gasteiger charge is 2.21. The Bertz CT molecular complexity index is 675. The van der Waals surface area contributed by atoms with Crippen LogP contribution < -0.4 is 5.56 Å². The highest BCUT2D eigenvalue weighted by atomic mass is 19.1. The summed E-state index contributed by atoms with van der Waals surface area (Å²) in [5.41, 5.74) is 0.582. The quantitative estimate of drug-likeness (QED) is 0.932. The van der Waals surface area contributed by atoms with E-state index in [1.807, 2.05) is 0 Å². The number of rotatable bonds is 4. The van der Waals surface area contributed by atoms with Gasteiger partial charge in [-0.25, -0.2) is 9.07 Å². The van der Waals surface area contributed by atoms with Crippen LogP contribution in [-0.2, 0) is 6.54 Å². The van der Waals surface area contributed by atoms with Crippen LogP contribution in [0.15, 0.2) is 35.1 Å². The topological polar surface area (TPSA) is 55.1 Å². The van der Waals surface area contributed by atoms with Gasteiger partial charge in [0.05, 0.1) is 0 Å². The fourth-order valence-electron chi connectivity index (χ4n) is 2.17. The molecule has 0 atom stereocenters. The van der Waals surface area contributed by atoms with Gasteiger partial charge in [-0.05, 0) is 36.6 Å². The first-order valence-electron chi connectivity index (χ1n) is 6.70. The van der Waals surface area contributed by atoms with Gasteiger partial charge in [0.2, 0.25) is 0 Å². The summed E-state index contributed by atoms with van der Waals surface area (Å²) in [5.74, 6) is 0.173. The molecule has 1 aliphatic carbocycles. The molecule has 5 heteroatoms. The Labute approximate surface area is 115 Å². The maximum atomic E-state index is 12.9. The lowest BCUT2D eigenvalue weighted by Crippen LogP contribution is -2.22. The first kappa shape index (κ1) is 12.8. The van der Waals surface area contributed by atoms with Crippen molar-refractivity contribution in [1.29, 1.82) is 0 Å². The molecule has 1 aromatic carbocycles. The van der Waals surface area contributed by atoms with E-state index < -0.39 is 0 Å². The van der Waals surface area contributed by atoms with Gasteiger partial charge in [0, 0.05) is 18.2 Å². The van der Waals surface area contributed by atoms with Crippen molar-refractivity contribution in [3.63, 3.8) is 0 Å². The molecule has 104 valence electrons. The van der Waals surface area contributed by atoms with Gasteiger partial charge in [0.15, 0.2) is 0 Å². The lowest BCUT2D eigenvalue weighted by atomic mass is 10.1. The largest absolute Gasteiger partial charge is 0.505 e. The summed E-state index contributed by atoms with van der Waals surface area (Å²) in [6, 6.07) is 6.84. The van der Waals surface area contributed by atoms with E-state index in [0.29, 0.717) is 23.7 Å². The van der Waals surface area contributed by atoms with Gasteiger partial charge >= 0.3 is 0 Å². The minimum Gasteiger partial charge on any atom is -0.505 e. The van der Waals surface area contributed by atoms with Crippen LogP contribution in [0.25, 0.3) is 11.3 Å². The lowest BCUT2D eigenvalue weighted by molar-refractivity contribution is 0.457. The number of aromatic nitrogens is 2. The second-order valence-electron chi connectivity index (χ2n) is 5.18. The summed E-state index contributed by atoms with van der Waals surface area (Å²) in [7, 11) is 0. The van der Waals surface area contributed by atoms with E-state index in [4.69, 9.17) is 0 Å². The van der Waals surface area contributed by atoms with Crippen LogP contribution in [0.3, 0.4) is 0 Å². The predicted octanol–water partition coefficient (Wildman–Crippen LogP) is 2.56. The molecule has 1 fully saturated rings. The van der Waals surface area contributed by atoms with Gasteiger partial charge in [0.25, 0.3) is 5.56 Å². The van der Waals surface area contributed by atoms with E-state index in [1.54, 1.807) is 0 Å². The second-order valence-corrected chi connectivity index (χ2v) is 5.18. The molecule has 1 heterocycles. The van der Waals surface area contributed by atoms with Crippen LogP contribution in [-0.4, -0.2) is 14.9 Å². The third kappa shape index (κ3) is 2.71. The molecule has 0 radical (unpaired) electrons. The predicted molar refractivity (Wildman–Crippen MR) is 72.9 cm³/mol. The second kappa shape index (κ2) is 5.07. The van der Waals surface area contributed by atoms with Crippen LogP contribution in [0.5, 0.6) is 5.75 Å². The lowest BCUT2D eigenvalue weighted by Gasteiger charge is -2.08. The molecule has 1 saturated carbocycles. The summed E-state index contributed by atoms with van der Waals surface area (Å²) in [5, 5.41) is 14.1. The van der Waals surface area contributed by atoms with Crippen LogP contribution in [0.2, 0.25) is 0 Å². The summed E-state index contributed by atoms with van der Waals surface area (Å²) < 4.78 is 14.3. The fraction of sp³-hybridized carbons (Fsp3) is 0.333. The first-order chi connectivity index (χ1) is 9.63. The number of halogens is 1.